The molecule has 0 atom stereocenters. The number of nitriles is 1. The van der Waals surface area contributed by atoms with Crippen LogP contribution in [0.4, 0.5) is 5.69 Å². The quantitative estimate of drug-likeness (QED) is 0.184. The molecule has 0 N–H and O–H groups in total. The first-order valence-electron chi connectivity index (χ1n) is 16.1. The summed E-state index contributed by atoms with van der Waals surface area (Å²) < 4.78 is 11.0. The van der Waals surface area contributed by atoms with E-state index in [-0.39, 0.29) is 0 Å². The summed E-state index contributed by atoms with van der Waals surface area (Å²) in [4.78, 5) is 3.95. The fourth-order valence-corrected chi connectivity index (χ4v) is 7.78. The normalized spacial score (nSPS) is 11.6. The zero-order valence-electron chi connectivity index (χ0n) is 26.1. The molecule has 10 aromatic rings. The second-order valence-electron chi connectivity index (χ2n) is 12.3. The molecule has 0 saturated heterocycles. The number of fused-ring (bicyclic) bond motifs is 10. The summed E-state index contributed by atoms with van der Waals surface area (Å²) in [6.07, 6.45) is 0. The Kier molecular flexibility index (Phi) is 5.64. The average Bonchev–Trinajstić information content (AvgIpc) is 3.82. The average molecular weight is 625 g/mol. The van der Waals surface area contributed by atoms with Gasteiger partial charge in [0.1, 0.15) is 11.7 Å². The third-order valence-corrected chi connectivity index (χ3v) is 9.81. The Morgan fingerprint density at radius 1 is 0.531 bits per heavy atom. The molecule has 5 heteroatoms. The molecule has 49 heavy (non-hydrogen) atoms. The second-order valence-corrected chi connectivity index (χ2v) is 12.3. The van der Waals surface area contributed by atoms with E-state index in [1.807, 2.05) is 66.7 Å². The topological polar surface area (TPSA) is 51.1 Å². The van der Waals surface area contributed by atoms with E-state index in [2.05, 4.69) is 98.9 Å². The standard InChI is InChI=1S/C44H24N4O/c1-46-36-25-24-27(35(26-45)42(36)47-38-18-8-3-13-29(38)30-14-4-9-19-39(30)47)28-12-2-7-17-37(28)48-40-20-10-5-15-31(40)33-22-23-34-32-16-6-11-21-41(32)49-44(34)43(33)48/h2-25H. The first kappa shape index (κ1) is 27.1. The van der Waals surface area contributed by atoms with Crippen molar-refractivity contribution in [2.45, 2.75) is 0 Å². The smallest absolute Gasteiger partial charge is 0.211 e. The number of rotatable bonds is 3. The summed E-state index contributed by atoms with van der Waals surface area (Å²) in [7, 11) is 0. The van der Waals surface area contributed by atoms with Gasteiger partial charge in [0.2, 0.25) is 5.69 Å². The van der Waals surface area contributed by atoms with E-state index in [9.17, 15) is 5.26 Å². The van der Waals surface area contributed by atoms with Crippen LogP contribution in [0, 0.1) is 17.9 Å². The van der Waals surface area contributed by atoms with E-state index in [1.54, 1.807) is 0 Å². The Hall–Kier alpha value is -7.08. The van der Waals surface area contributed by atoms with Crippen LogP contribution < -0.4 is 0 Å². The largest absolute Gasteiger partial charge is 0.454 e. The number of nitrogens with zero attached hydrogens (tertiary/aromatic N) is 4. The van der Waals surface area contributed by atoms with Crippen LogP contribution in [-0.4, -0.2) is 9.13 Å². The molecule has 0 unspecified atom stereocenters. The minimum atomic E-state index is 0.421. The van der Waals surface area contributed by atoms with Gasteiger partial charge in [-0.05, 0) is 36.4 Å². The van der Waals surface area contributed by atoms with Gasteiger partial charge in [-0.3, -0.25) is 0 Å². The molecule has 0 fully saturated rings. The maximum Gasteiger partial charge on any atom is 0.211 e. The lowest BCUT2D eigenvalue weighted by molar-refractivity contribution is 0.671. The van der Waals surface area contributed by atoms with Gasteiger partial charge in [0.05, 0.1) is 45.6 Å². The third-order valence-electron chi connectivity index (χ3n) is 9.81. The zero-order chi connectivity index (χ0) is 32.6. The highest BCUT2D eigenvalue weighted by atomic mass is 16.3. The molecule has 0 amide bonds. The zero-order valence-corrected chi connectivity index (χ0v) is 26.1. The molecule has 0 saturated carbocycles. The Morgan fingerprint density at radius 3 is 1.80 bits per heavy atom. The van der Waals surface area contributed by atoms with Gasteiger partial charge in [-0.15, -0.1) is 0 Å². The van der Waals surface area contributed by atoms with Crippen molar-refractivity contribution >= 4 is 71.2 Å². The van der Waals surface area contributed by atoms with E-state index in [4.69, 9.17) is 11.0 Å². The fraction of sp³-hybridized carbons (Fsp3) is 0. The predicted molar refractivity (Wildman–Crippen MR) is 199 cm³/mol. The fourth-order valence-electron chi connectivity index (χ4n) is 7.78. The Bertz CT molecular complexity index is 3030. The number of hydrogen-bond donors (Lipinski definition) is 0. The summed E-state index contributed by atoms with van der Waals surface area (Å²) in [5.41, 5.74) is 9.58. The molecule has 226 valence electrons. The molecular formula is C44H24N4O. The van der Waals surface area contributed by atoms with Crippen molar-refractivity contribution in [2.24, 2.45) is 0 Å². The number of aromatic nitrogens is 2. The van der Waals surface area contributed by atoms with Crippen LogP contribution in [0.3, 0.4) is 0 Å². The molecule has 0 aliphatic heterocycles. The summed E-state index contributed by atoms with van der Waals surface area (Å²) in [6.45, 7) is 8.20. The van der Waals surface area contributed by atoms with Gasteiger partial charge >= 0.3 is 0 Å². The molecule has 0 aliphatic rings. The number of para-hydroxylation sites is 5. The van der Waals surface area contributed by atoms with Gasteiger partial charge in [-0.2, -0.15) is 5.26 Å². The predicted octanol–water partition coefficient (Wildman–Crippen LogP) is 11.9. The summed E-state index contributed by atoms with van der Waals surface area (Å²) >= 11 is 0. The Morgan fingerprint density at radius 2 is 1.10 bits per heavy atom. The van der Waals surface area contributed by atoms with Crippen molar-refractivity contribution in [3.05, 3.63) is 163 Å². The second kappa shape index (κ2) is 10.2. The first-order chi connectivity index (χ1) is 24.3. The monoisotopic (exact) mass is 624 g/mol. The molecular weight excluding hydrogens is 601 g/mol. The number of hydrogen-bond acceptors (Lipinski definition) is 2. The maximum atomic E-state index is 11.0. The van der Waals surface area contributed by atoms with Crippen molar-refractivity contribution in [1.29, 1.82) is 5.26 Å². The van der Waals surface area contributed by atoms with E-state index >= 15 is 0 Å². The van der Waals surface area contributed by atoms with E-state index in [0.29, 0.717) is 16.9 Å². The van der Waals surface area contributed by atoms with Crippen LogP contribution in [0.25, 0.3) is 92.9 Å². The Labute approximate surface area is 280 Å². The van der Waals surface area contributed by atoms with Gasteiger partial charge in [0.15, 0.2) is 5.58 Å². The van der Waals surface area contributed by atoms with Crippen molar-refractivity contribution < 1.29 is 4.42 Å². The van der Waals surface area contributed by atoms with Gasteiger partial charge in [-0.1, -0.05) is 109 Å². The lowest BCUT2D eigenvalue weighted by Gasteiger charge is -2.18. The molecule has 3 aromatic heterocycles. The maximum absolute atomic E-state index is 11.0. The highest BCUT2D eigenvalue weighted by Gasteiger charge is 2.24. The molecule has 0 spiro atoms. The van der Waals surface area contributed by atoms with Crippen LogP contribution in [0.15, 0.2) is 150 Å². The van der Waals surface area contributed by atoms with Gasteiger partial charge < -0.3 is 13.6 Å². The van der Waals surface area contributed by atoms with Crippen molar-refractivity contribution in [1.82, 2.24) is 9.13 Å². The highest BCUT2D eigenvalue weighted by molar-refractivity contribution is 6.21. The Balaban J connectivity index is 1.33. The minimum Gasteiger partial charge on any atom is -0.454 e. The van der Waals surface area contributed by atoms with Crippen LogP contribution >= 0.6 is 0 Å². The molecule has 10 rings (SSSR count). The molecule has 0 bridgehead atoms. The van der Waals surface area contributed by atoms with Crippen molar-refractivity contribution in [3.8, 4) is 28.6 Å². The van der Waals surface area contributed by atoms with Crippen LogP contribution in [-0.2, 0) is 0 Å². The van der Waals surface area contributed by atoms with E-state index in [1.165, 1.54) is 0 Å². The summed E-state index contributed by atoms with van der Waals surface area (Å²) in [5, 5.41) is 17.5. The number of furan rings is 1. The SMILES string of the molecule is [C-]#[N+]c1ccc(-c2ccccc2-n2c3ccccc3c3ccc4c5ccccc5oc4c32)c(C#N)c1-n1c2ccccc2c2ccccc21. The van der Waals surface area contributed by atoms with Crippen molar-refractivity contribution in [2.75, 3.05) is 0 Å². The molecule has 5 nitrogen and oxygen atoms in total. The molecule has 0 aliphatic carbocycles. The molecule has 7 aromatic carbocycles. The molecule has 3 heterocycles. The van der Waals surface area contributed by atoms with E-state index in [0.717, 1.165) is 82.4 Å². The molecule has 0 radical (unpaired) electrons. The number of benzene rings is 7. The van der Waals surface area contributed by atoms with Crippen LogP contribution in [0.5, 0.6) is 0 Å². The van der Waals surface area contributed by atoms with Gasteiger partial charge in [0.25, 0.3) is 0 Å². The lowest BCUT2D eigenvalue weighted by Crippen LogP contribution is -2.02. The lowest BCUT2D eigenvalue weighted by atomic mass is 9.96. The summed E-state index contributed by atoms with van der Waals surface area (Å²) in [5.74, 6) is 0. The van der Waals surface area contributed by atoms with E-state index < -0.39 is 0 Å². The summed E-state index contributed by atoms with van der Waals surface area (Å²) in [6, 6.07) is 51.8. The van der Waals surface area contributed by atoms with Gasteiger partial charge in [-0.25, -0.2) is 4.85 Å². The highest BCUT2D eigenvalue weighted by Crippen LogP contribution is 2.45. The van der Waals surface area contributed by atoms with Crippen molar-refractivity contribution in [3.63, 3.8) is 0 Å². The van der Waals surface area contributed by atoms with Gasteiger partial charge in [0, 0.05) is 43.4 Å². The minimum absolute atomic E-state index is 0.421. The van der Waals surface area contributed by atoms with Crippen LogP contribution in [0.1, 0.15) is 5.56 Å². The third kappa shape index (κ3) is 3.67. The van der Waals surface area contributed by atoms with Crippen LogP contribution in [0.2, 0.25) is 0 Å². The first-order valence-corrected chi connectivity index (χ1v) is 16.1.